The highest BCUT2D eigenvalue weighted by atomic mass is 32.2. The lowest BCUT2D eigenvalue weighted by Gasteiger charge is -2.29. The van der Waals surface area contributed by atoms with Crippen LogP contribution in [0.15, 0.2) is 29.2 Å². The Kier molecular flexibility index (Phi) is 7.20. The number of thioether (sulfide) groups is 1. The second-order valence-electron chi connectivity index (χ2n) is 5.04. The van der Waals surface area contributed by atoms with Gasteiger partial charge >= 0.3 is 0 Å². The van der Waals surface area contributed by atoms with E-state index in [-0.39, 0.29) is 16.2 Å². The molecule has 0 saturated carbocycles. The highest BCUT2D eigenvalue weighted by Crippen LogP contribution is 2.30. The Labute approximate surface area is 132 Å². The zero-order valence-electron chi connectivity index (χ0n) is 12.9. The molecule has 4 nitrogen and oxygen atoms in total. The standard InChI is InChI=1S/C15H25NO3S2/c1-4-15(5-2,20-3)12-16-21(18,19)14-8-6-13(7-9-14)10-11-17/h6-9,16-17H,4-5,10-12H2,1-3H3. The quantitative estimate of drug-likeness (QED) is 0.729. The van der Waals surface area contributed by atoms with Crippen LogP contribution in [-0.2, 0) is 16.4 Å². The minimum Gasteiger partial charge on any atom is -0.396 e. The highest BCUT2D eigenvalue weighted by Gasteiger charge is 2.27. The fraction of sp³-hybridized carbons (Fsp3) is 0.600. The van der Waals surface area contributed by atoms with Crippen molar-refractivity contribution in [2.75, 3.05) is 19.4 Å². The van der Waals surface area contributed by atoms with Crippen molar-refractivity contribution in [2.45, 2.75) is 42.8 Å². The summed E-state index contributed by atoms with van der Waals surface area (Å²) >= 11 is 1.71. The molecule has 1 rings (SSSR count). The van der Waals surface area contributed by atoms with Crippen LogP contribution < -0.4 is 4.72 Å². The first-order valence-corrected chi connectivity index (χ1v) is 9.88. The number of sulfonamides is 1. The van der Waals surface area contributed by atoms with Gasteiger partial charge in [-0.1, -0.05) is 26.0 Å². The molecule has 6 heteroatoms. The van der Waals surface area contributed by atoms with E-state index in [1.165, 1.54) is 0 Å². The summed E-state index contributed by atoms with van der Waals surface area (Å²) in [4.78, 5) is 0.270. The number of hydrogen-bond acceptors (Lipinski definition) is 4. The van der Waals surface area contributed by atoms with Gasteiger partial charge in [0.15, 0.2) is 0 Å². The number of benzene rings is 1. The molecule has 1 aromatic carbocycles. The summed E-state index contributed by atoms with van der Waals surface area (Å²) in [7, 11) is -3.48. The van der Waals surface area contributed by atoms with Crippen LogP contribution in [-0.4, -0.2) is 37.7 Å². The molecule has 0 unspecified atom stereocenters. The topological polar surface area (TPSA) is 66.4 Å². The molecule has 0 aliphatic heterocycles. The van der Waals surface area contributed by atoms with Crippen molar-refractivity contribution in [2.24, 2.45) is 0 Å². The maximum atomic E-state index is 12.3. The van der Waals surface area contributed by atoms with Gasteiger partial charge in [-0.3, -0.25) is 0 Å². The zero-order valence-corrected chi connectivity index (χ0v) is 14.6. The van der Waals surface area contributed by atoms with E-state index in [0.29, 0.717) is 13.0 Å². The van der Waals surface area contributed by atoms with Crippen molar-refractivity contribution in [1.82, 2.24) is 4.72 Å². The summed E-state index contributed by atoms with van der Waals surface area (Å²) < 4.78 is 27.3. The van der Waals surface area contributed by atoms with E-state index < -0.39 is 10.0 Å². The molecule has 1 aromatic rings. The fourth-order valence-corrected chi connectivity index (χ4v) is 4.15. The second kappa shape index (κ2) is 8.17. The van der Waals surface area contributed by atoms with Gasteiger partial charge in [-0.05, 0) is 43.2 Å². The Balaban J connectivity index is 2.81. The fourth-order valence-electron chi connectivity index (χ4n) is 2.14. The lowest BCUT2D eigenvalue weighted by Crippen LogP contribution is -2.39. The number of nitrogens with one attached hydrogen (secondary N) is 1. The largest absolute Gasteiger partial charge is 0.396 e. The summed E-state index contributed by atoms with van der Waals surface area (Å²) in [5.74, 6) is 0. The van der Waals surface area contributed by atoms with Crippen LogP contribution in [0.5, 0.6) is 0 Å². The van der Waals surface area contributed by atoms with Gasteiger partial charge in [-0.15, -0.1) is 0 Å². The van der Waals surface area contributed by atoms with Gasteiger partial charge in [0.25, 0.3) is 0 Å². The molecule has 0 radical (unpaired) electrons. The van der Waals surface area contributed by atoms with E-state index in [0.717, 1.165) is 18.4 Å². The molecule has 0 aliphatic rings. The second-order valence-corrected chi connectivity index (χ2v) is 8.08. The minimum absolute atomic E-state index is 0.0517. The predicted molar refractivity (Wildman–Crippen MR) is 89.2 cm³/mol. The van der Waals surface area contributed by atoms with E-state index in [1.54, 1.807) is 36.0 Å². The molecule has 0 heterocycles. The zero-order chi connectivity index (χ0) is 15.9. The third kappa shape index (κ3) is 4.98. The first kappa shape index (κ1) is 18.5. The minimum atomic E-state index is -3.48. The SMILES string of the molecule is CCC(CC)(CNS(=O)(=O)c1ccc(CCO)cc1)SC. The van der Waals surface area contributed by atoms with Crippen LogP contribution in [0.2, 0.25) is 0 Å². The van der Waals surface area contributed by atoms with Gasteiger partial charge in [0, 0.05) is 17.9 Å². The number of aliphatic hydroxyl groups excluding tert-OH is 1. The maximum absolute atomic E-state index is 12.3. The summed E-state index contributed by atoms with van der Waals surface area (Å²) in [5, 5.41) is 8.87. The lowest BCUT2D eigenvalue weighted by atomic mass is 10.0. The van der Waals surface area contributed by atoms with E-state index in [4.69, 9.17) is 5.11 Å². The van der Waals surface area contributed by atoms with Gasteiger partial charge in [0.2, 0.25) is 10.0 Å². The normalized spacial score (nSPS) is 12.6. The van der Waals surface area contributed by atoms with Gasteiger partial charge < -0.3 is 5.11 Å². The Morgan fingerprint density at radius 2 is 1.76 bits per heavy atom. The number of rotatable bonds is 9. The van der Waals surface area contributed by atoms with Crippen LogP contribution in [0.3, 0.4) is 0 Å². The Morgan fingerprint density at radius 1 is 1.19 bits per heavy atom. The summed E-state index contributed by atoms with van der Waals surface area (Å²) in [6, 6.07) is 6.66. The molecular formula is C15H25NO3S2. The van der Waals surface area contributed by atoms with E-state index in [2.05, 4.69) is 18.6 Å². The monoisotopic (exact) mass is 331 g/mol. The molecule has 2 N–H and O–H groups in total. The molecule has 0 atom stereocenters. The summed E-state index contributed by atoms with van der Waals surface area (Å²) in [6.45, 7) is 4.66. The van der Waals surface area contributed by atoms with Gasteiger partial charge in [-0.25, -0.2) is 13.1 Å². The average Bonchev–Trinajstić information content (AvgIpc) is 2.50. The van der Waals surface area contributed by atoms with Crippen LogP contribution in [0.25, 0.3) is 0 Å². The van der Waals surface area contributed by atoms with E-state index in [9.17, 15) is 8.42 Å². The van der Waals surface area contributed by atoms with Gasteiger partial charge in [-0.2, -0.15) is 11.8 Å². The smallest absolute Gasteiger partial charge is 0.240 e. The molecule has 0 fully saturated rings. The van der Waals surface area contributed by atoms with Gasteiger partial charge in [0.05, 0.1) is 4.90 Å². The third-order valence-corrected chi connectivity index (χ3v) is 6.95. The van der Waals surface area contributed by atoms with E-state index in [1.807, 2.05) is 6.26 Å². The Hall–Kier alpha value is -0.560. The van der Waals surface area contributed by atoms with Crippen LogP contribution in [0.1, 0.15) is 32.3 Å². The molecule has 0 saturated heterocycles. The average molecular weight is 332 g/mol. The molecule has 0 aromatic heterocycles. The van der Waals surface area contributed by atoms with E-state index >= 15 is 0 Å². The molecule has 120 valence electrons. The van der Waals surface area contributed by atoms with Crippen molar-refractivity contribution in [3.63, 3.8) is 0 Å². The number of aliphatic hydroxyl groups is 1. The highest BCUT2D eigenvalue weighted by molar-refractivity contribution is 8.00. The van der Waals surface area contributed by atoms with Crippen molar-refractivity contribution in [3.05, 3.63) is 29.8 Å². The summed E-state index contributed by atoms with van der Waals surface area (Å²) in [5.41, 5.74) is 0.928. The van der Waals surface area contributed by atoms with Crippen molar-refractivity contribution in [3.8, 4) is 0 Å². The lowest BCUT2D eigenvalue weighted by molar-refractivity contribution is 0.299. The molecular weight excluding hydrogens is 306 g/mol. The summed E-state index contributed by atoms with van der Waals surface area (Å²) in [6.07, 6.45) is 4.39. The predicted octanol–water partition coefficient (Wildman–Crippen LogP) is 2.42. The maximum Gasteiger partial charge on any atom is 0.240 e. The molecule has 0 bridgehead atoms. The Morgan fingerprint density at radius 3 is 2.19 bits per heavy atom. The van der Waals surface area contributed by atoms with Crippen LogP contribution in [0.4, 0.5) is 0 Å². The first-order chi connectivity index (χ1) is 9.93. The van der Waals surface area contributed by atoms with Crippen molar-refractivity contribution in [1.29, 1.82) is 0 Å². The Bertz CT molecular complexity index is 514. The van der Waals surface area contributed by atoms with Crippen LogP contribution >= 0.6 is 11.8 Å². The van der Waals surface area contributed by atoms with Gasteiger partial charge in [0.1, 0.15) is 0 Å². The molecule has 0 spiro atoms. The molecule has 0 aliphatic carbocycles. The molecule has 0 amide bonds. The van der Waals surface area contributed by atoms with Crippen molar-refractivity contribution < 1.29 is 13.5 Å². The number of hydrogen-bond donors (Lipinski definition) is 2. The third-order valence-electron chi connectivity index (χ3n) is 3.94. The van der Waals surface area contributed by atoms with Crippen LogP contribution in [0, 0.1) is 0 Å². The molecule has 21 heavy (non-hydrogen) atoms. The van der Waals surface area contributed by atoms with Crippen molar-refractivity contribution >= 4 is 21.8 Å². The first-order valence-electron chi connectivity index (χ1n) is 7.17.